The molecule has 1 atom stereocenters. The van der Waals surface area contributed by atoms with E-state index in [1.807, 2.05) is 12.1 Å². The summed E-state index contributed by atoms with van der Waals surface area (Å²) in [4.78, 5) is 6.30. The van der Waals surface area contributed by atoms with Crippen molar-refractivity contribution in [3.8, 4) is 0 Å². The molecule has 0 bridgehead atoms. The summed E-state index contributed by atoms with van der Waals surface area (Å²) in [5.41, 5.74) is 0.871. The fraction of sp³-hybridized carbons (Fsp3) is 0.643. The maximum Gasteiger partial charge on any atom is 0.170 e. The van der Waals surface area contributed by atoms with Crippen LogP contribution < -0.4 is 0 Å². The first-order chi connectivity index (χ1) is 9.27. The summed E-state index contributed by atoms with van der Waals surface area (Å²) >= 11 is 0. The predicted octanol–water partition coefficient (Wildman–Crippen LogP) is 0.954. The van der Waals surface area contributed by atoms with Crippen molar-refractivity contribution in [1.29, 1.82) is 0 Å². The van der Waals surface area contributed by atoms with E-state index in [-0.39, 0.29) is 5.79 Å². The van der Waals surface area contributed by atoms with Crippen molar-refractivity contribution in [1.82, 2.24) is 9.88 Å². The molecule has 0 aliphatic carbocycles. The van der Waals surface area contributed by atoms with Gasteiger partial charge in [-0.2, -0.15) is 0 Å². The Hall–Kier alpha value is -1.01. The van der Waals surface area contributed by atoms with Crippen LogP contribution in [0.25, 0.3) is 0 Å². The maximum absolute atomic E-state index is 10.2. The number of hydrogen-bond acceptors (Lipinski definition) is 5. The Balaban J connectivity index is 1.52. The van der Waals surface area contributed by atoms with Crippen molar-refractivity contribution >= 4 is 0 Å². The standard InChI is InChI=1S/C14H20N2O3/c17-13(12-2-1-5-15-10-12)11-16-6-3-14(4-7-16)18-8-9-19-14/h1-2,5,10,13,17H,3-4,6-9,11H2. The summed E-state index contributed by atoms with van der Waals surface area (Å²) in [6, 6.07) is 3.76. The van der Waals surface area contributed by atoms with Crippen molar-refractivity contribution in [3.63, 3.8) is 0 Å². The molecule has 5 nitrogen and oxygen atoms in total. The molecule has 1 N–H and O–H groups in total. The Morgan fingerprint density at radius 2 is 2.05 bits per heavy atom. The molecule has 1 aromatic heterocycles. The number of likely N-dealkylation sites (tertiary alicyclic amines) is 1. The normalized spacial score (nSPS) is 24.7. The van der Waals surface area contributed by atoms with Gasteiger partial charge < -0.3 is 19.5 Å². The Bertz CT molecular complexity index is 396. The van der Waals surface area contributed by atoms with Gasteiger partial charge in [-0.15, -0.1) is 0 Å². The van der Waals surface area contributed by atoms with Gasteiger partial charge in [0.15, 0.2) is 5.79 Å². The first kappa shape index (κ1) is 13.0. The quantitative estimate of drug-likeness (QED) is 0.881. The number of hydrogen-bond donors (Lipinski definition) is 1. The van der Waals surface area contributed by atoms with Gasteiger partial charge in [-0.3, -0.25) is 4.98 Å². The Morgan fingerprint density at radius 1 is 1.32 bits per heavy atom. The molecule has 0 amide bonds. The third-order valence-electron chi connectivity index (χ3n) is 3.93. The molecule has 2 aliphatic rings. The average molecular weight is 264 g/mol. The second-order valence-electron chi connectivity index (χ2n) is 5.21. The molecule has 0 saturated carbocycles. The SMILES string of the molecule is OC(CN1CCC2(CC1)OCCO2)c1cccnc1. The highest BCUT2D eigenvalue weighted by Gasteiger charge is 2.39. The Labute approximate surface area is 113 Å². The van der Waals surface area contributed by atoms with Crippen LogP contribution in [0.15, 0.2) is 24.5 Å². The lowest BCUT2D eigenvalue weighted by atomic mass is 10.0. The van der Waals surface area contributed by atoms with E-state index in [2.05, 4.69) is 9.88 Å². The van der Waals surface area contributed by atoms with Crippen LogP contribution in [0.4, 0.5) is 0 Å². The molecular formula is C14H20N2O3. The monoisotopic (exact) mass is 264 g/mol. The van der Waals surface area contributed by atoms with E-state index in [0.717, 1.165) is 31.5 Å². The third-order valence-corrected chi connectivity index (χ3v) is 3.93. The molecule has 19 heavy (non-hydrogen) atoms. The summed E-state index contributed by atoms with van der Waals surface area (Å²) in [7, 11) is 0. The molecular weight excluding hydrogens is 244 g/mol. The van der Waals surface area contributed by atoms with Crippen molar-refractivity contribution in [2.75, 3.05) is 32.8 Å². The number of pyridine rings is 1. The topological polar surface area (TPSA) is 54.8 Å². The van der Waals surface area contributed by atoms with Crippen LogP contribution in [0.5, 0.6) is 0 Å². The lowest BCUT2D eigenvalue weighted by Crippen LogP contribution is -2.46. The average Bonchev–Trinajstić information content (AvgIpc) is 2.91. The van der Waals surface area contributed by atoms with Crippen LogP contribution in [0.3, 0.4) is 0 Å². The van der Waals surface area contributed by atoms with E-state index < -0.39 is 6.10 Å². The number of β-amino-alcohol motifs (C(OH)–C–C–N with tert-alkyl or cyclic N) is 1. The number of aliphatic hydroxyl groups is 1. The number of piperidine rings is 1. The highest BCUT2D eigenvalue weighted by Crippen LogP contribution is 2.31. The second kappa shape index (κ2) is 5.54. The summed E-state index contributed by atoms with van der Waals surface area (Å²) in [5, 5.41) is 10.2. The molecule has 0 radical (unpaired) electrons. The summed E-state index contributed by atoms with van der Waals surface area (Å²) in [6.45, 7) is 3.85. The third kappa shape index (κ3) is 2.95. The van der Waals surface area contributed by atoms with Gasteiger partial charge in [0.2, 0.25) is 0 Å². The van der Waals surface area contributed by atoms with Gasteiger partial charge in [-0.05, 0) is 6.07 Å². The molecule has 5 heteroatoms. The molecule has 2 fully saturated rings. The van der Waals surface area contributed by atoms with Crippen molar-refractivity contribution < 1.29 is 14.6 Å². The lowest BCUT2D eigenvalue weighted by Gasteiger charge is -2.38. The van der Waals surface area contributed by atoms with E-state index >= 15 is 0 Å². The fourth-order valence-corrected chi connectivity index (χ4v) is 2.79. The van der Waals surface area contributed by atoms with E-state index in [4.69, 9.17) is 9.47 Å². The van der Waals surface area contributed by atoms with Crippen LogP contribution in [0.2, 0.25) is 0 Å². The van der Waals surface area contributed by atoms with Crippen LogP contribution in [-0.4, -0.2) is 53.6 Å². The largest absolute Gasteiger partial charge is 0.387 e. The van der Waals surface area contributed by atoms with Crippen LogP contribution >= 0.6 is 0 Å². The zero-order chi connectivity index (χ0) is 13.1. The zero-order valence-corrected chi connectivity index (χ0v) is 11.0. The van der Waals surface area contributed by atoms with Gasteiger partial charge in [0.1, 0.15) is 0 Å². The van der Waals surface area contributed by atoms with Gasteiger partial charge in [-0.25, -0.2) is 0 Å². The van der Waals surface area contributed by atoms with Gasteiger partial charge >= 0.3 is 0 Å². The minimum absolute atomic E-state index is 0.338. The summed E-state index contributed by atoms with van der Waals surface area (Å²) < 4.78 is 11.4. The Morgan fingerprint density at radius 3 is 2.68 bits per heavy atom. The van der Waals surface area contributed by atoms with Gasteiger partial charge in [0.05, 0.1) is 19.3 Å². The van der Waals surface area contributed by atoms with Gasteiger partial charge in [0.25, 0.3) is 0 Å². The highest BCUT2D eigenvalue weighted by molar-refractivity contribution is 5.12. The molecule has 1 spiro atoms. The molecule has 1 unspecified atom stereocenters. The van der Waals surface area contributed by atoms with Crippen molar-refractivity contribution in [2.45, 2.75) is 24.7 Å². The fourth-order valence-electron chi connectivity index (χ4n) is 2.79. The molecule has 1 aromatic rings. The smallest absolute Gasteiger partial charge is 0.170 e. The first-order valence-electron chi connectivity index (χ1n) is 6.86. The lowest BCUT2D eigenvalue weighted by molar-refractivity contribution is -0.186. The first-order valence-corrected chi connectivity index (χ1v) is 6.86. The molecule has 0 aromatic carbocycles. The molecule has 2 saturated heterocycles. The molecule has 3 rings (SSSR count). The van der Waals surface area contributed by atoms with Crippen molar-refractivity contribution in [2.24, 2.45) is 0 Å². The number of aromatic nitrogens is 1. The number of aliphatic hydroxyl groups excluding tert-OH is 1. The highest BCUT2D eigenvalue weighted by atomic mass is 16.7. The van der Waals surface area contributed by atoms with Gasteiger partial charge in [0, 0.05) is 50.4 Å². The second-order valence-corrected chi connectivity index (χ2v) is 5.21. The summed E-state index contributed by atoms with van der Waals surface area (Å²) in [5.74, 6) is -0.338. The van der Waals surface area contributed by atoms with Crippen LogP contribution in [0.1, 0.15) is 24.5 Å². The molecule has 2 aliphatic heterocycles. The van der Waals surface area contributed by atoms with E-state index in [1.165, 1.54) is 0 Å². The van der Waals surface area contributed by atoms with E-state index in [1.54, 1.807) is 12.4 Å². The minimum atomic E-state index is -0.479. The summed E-state index contributed by atoms with van der Waals surface area (Å²) in [6.07, 6.45) is 4.72. The van der Waals surface area contributed by atoms with Crippen LogP contribution in [0, 0.1) is 0 Å². The maximum atomic E-state index is 10.2. The number of ether oxygens (including phenoxy) is 2. The molecule has 104 valence electrons. The predicted molar refractivity (Wildman–Crippen MR) is 69.5 cm³/mol. The van der Waals surface area contributed by atoms with E-state index in [0.29, 0.717) is 19.8 Å². The number of rotatable bonds is 3. The molecule has 3 heterocycles. The van der Waals surface area contributed by atoms with E-state index in [9.17, 15) is 5.11 Å². The zero-order valence-electron chi connectivity index (χ0n) is 11.0. The number of nitrogens with zero attached hydrogens (tertiary/aromatic N) is 2. The van der Waals surface area contributed by atoms with Crippen molar-refractivity contribution in [3.05, 3.63) is 30.1 Å². The Kier molecular flexibility index (Phi) is 3.79. The minimum Gasteiger partial charge on any atom is -0.387 e. The van der Waals surface area contributed by atoms with Gasteiger partial charge in [-0.1, -0.05) is 6.07 Å². The van der Waals surface area contributed by atoms with Crippen LogP contribution in [-0.2, 0) is 9.47 Å².